The minimum Gasteiger partial charge on any atom is -0.380 e. The minimum atomic E-state index is -1.40. The standard InChI is InChI=1S/C14H17F3N2/c1-19-9-2-3-10(19)7-8(6-9)18-12-5-4-11(15)13(16)14(12)17/h4-5,8-10,18H,2-3,6-7H2,1H3. The number of hydrogen-bond donors (Lipinski definition) is 1. The van der Waals surface area contributed by atoms with Crippen molar-refractivity contribution in [3.05, 3.63) is 29.6 Å². The molecule has 0 spiro atoms. The van der Waals surface area contributed by atoms with Crippen LogP contribution in [0.3, 0.4) is 0 Å². The van der Waals surface area contributed by atoms with Crippen LogP contribution in [0.5, 0.6) is 0 Å². The molecule has 2 heterocycles. The quantitative estimate of drug-likeness (QED) is 0.831. The molecule has 2 unspecified atom stereocenters. The van der Waals surface area contributed by atoms with Crippen LogP contribution >= 0.6 is 0 Å². The van der Waals surface area contributed by atoms with Crippen LogP contribution in [-0.4, -0.2) is 30.1 Å². The molecule has 0 radical (unpaired) electrons. The average molecular weight is 270 g/mol. The Morgan fingerprint density at radius 1 is 1.05 bits per heavy atom. The fourth-order valence-corrected chi connectivity index (χ4v) is 3.39. The van der Waals surface area contributed by atoms with Crippen molar-refractivity contribution in [3.63, 3.8) is 0 Å². The average Bonchev–Trinajstić information content (AvgIpc) is 2.63. The summed E-state index contributed by atoms with van der Waals surface area (Å²) < 4.78 is 39.7. The van der Waals surface area contributed by atoms with E-state index in [2.05, 4.69) is 17.3 Å². The molecule has 2 aliphatic rings. The molecule has 2 atom stereocenters. The van der Waals surface area contributed by atoms with Crippen molar-refractivity contribution < 1.29 is 13.2 Å². The molecule has 0 saturated carbocycles. The molecule has 2 fully saturated rings. The Labute approximate surface area is 110 Å². The molecule has 0 amide bonds. The van der Waals surface area contributed by atoms with Crippen LogP contribution < -0.4 is 5.32 Å². The topological polar surface area (TPSA) is 15.3 Å². The second-order valence-corrected chi connectivity index (χ2v) is 5.59. The molecule has 2 aliphatic heterocycles. The highest BCUT2D eigenvalue weighted by atomic mass is 19.2. The van der Waals surface area contributed by atoms with E-state index in [9.17, 15) is 13.2 Å². The van der Waals surface area contributed by atoms with Crippen molar-refractivity contribution in [3.8, 4) is 0 Å². The van der Waals surface area contributed by atoms with Gasteiger partial charge in [0.2, 0.25) is 0 Å². The Morgan fingerprint density at radius 2 is 1.68 bits per heavy atom. The first-order valence-corrected chi connectivity index (χ1v) is 6.68. The van der Waals surface area contributed by atoms with Gasteiger partial charge in [-0.2, -0.15) is 0 Å². The predicted octanol–water partition coefficient (Wildman–Crippen LogP) is 3.14. The van der Waals surface area contributed by atoms with Crippen LogP contribution in [0.25, 0.3) is 0 Å². The summed E-state index contributed by atoms with van der Waals surface area (Å²) in [6.45, 7) is 0. The van der Waals surface area contributed by atoms with E-state index in [4.69, 9.17) is 0 Å². The molecule has 0 aliphatic carbocycles. The van der Waals surface area contributed by atoms with Crippen LogP contribution in [0.1, 0.15) is 25.7 Å². The number of fused-ring (bicyclic) bond motifs is 2. The Morgan fingerprint density at radius 3 is 2.32 bits per heavy atom. The molecule has 2 bridgehead atoms. The van der Waals surface area contributed by atoms with Gasteiger partial charge in [0, 0.05) is 18.1 Å². The summed E-state index contributed by atoms with van der Waals surface area (Å²) in [7, 11) is 2.12. The number of piperidine rings is 1. The van der Waals surface area contributed by atoms with E-state index in [1.54, 1.807) is 0 Å². The van der Waals surface area contributed by atoms with Crippen molar-refractivity contribution in [1.29, 1.82) is 0 Å². The van der Waals surface area contributed by atoms with Crippen LogP contribution in [-0.2, 0) is 0 Å². The number of hydrogen-bond acceptors (Lipinski definition) is 2. The van der Waals surface area contributed by atoms with Gasteiger partial charge in [0.05, 0.1) is 5.69 Å². The lowest BCUT2D eigenvalue weighted by atomic mass is 9.97. The van der Waals surface area contributed by atoms with Crippen molar-refractivity contribution >= 4 is 5.69 Å². The molecule has 2 nitrogen and oxygen atoms in total. The maximum atomic E-state index is 13.6. The van der Waals surface area contributed by atoms with Gasteiger partial charge in [-0.3, -0.25) is 0 Å². The maximum Gasteiger partial charge on any atom is 0.196 e. The predicted molar refractivity (Wildman–Crippen MR) is 67.5 cm³/mol. The van der Waals surface area contributed by atoms with E-state index >= 15 is 0 Å². The highest BCUT2D eigenvalue weighted by Gasteiger charge is 2.38. The van der Waals surface area contributed by atoms with Crippen LogP contribution in [0, 0.1) is 17.5 Å². The second-order valence-electron chi connectivity index (χ2n) is 5.59. The molecule has 0 aromatic heterocycles. The van der Waals surface area contributed by atoms with Gasteiger partial charge in [0.15, 0.2) is 17.5 Å². The summed E-state index contributed by atoms with van der Waals surface area (Å²) in [4.78, 5) is 2.37. The van der Waals surface area contributed by atoms with E-state index in [1.807, 2.05) is 0 Å². The third-order valence-corrected chi connectivity index (χ3v) is 4.49. The van der Waals surface area contributed by atoms with Gasteiger partial charge >= 0.3 is 0 Å². The van der Waals surface area contributed by atoms with E-state index in [-0.39, 0.29) is 11.7 Å². The number of benzene rings is 1. The monoisotopic (exact) mass is 270 g/mol. The number of nitrogens with one attached hydrogen (secondary N) is 1. The van der Waals surface area contributed by atoms with Gasteiger partial charge in [-0.15, -0.1) is 0 Å². The first-order chi connectivity index (χ1) is 9.06. The molecular formula is C14H17F3N2. The van der Waals surface area contributed by atoms with E-state index < -0.39 is 17.5 Å². The molecule has 2 saturated heterocycles. The van der Waals surface area contributed by atoms with Gasteiger partial charge in [0.1, 0.15) is 0 Å². The lowest BCUT2D eigenvalue weighted by Crippen LogP contribution is -2.44. The molecule has 104 valence electrons. The third kappa shape index (κ3) is 2.20. The van der Waals surface area contributed by atoms with Gasteiger partial charge in [-0.1, -0.05) is 0 Å². The van der Waals surface area contributed by atoms with Crippen LogP contribution in [0.4, 0.5) is 18.9 Å². The van der Waals surface area contributed by atoms with Gasteiger partial charge in [0.25, 0.3) is 0 Å². The van der Waals surface area contributed by atoms with E-state index in [1.165, 1.54) is 18.9 Å². The normalized spacial score (nSPS) is 30.6. The molecule has 1 N–H and O–H groups in total. The largest absolute Gasteiger partial charge is 0.380 e. The highest BCUT2D eigenvalue weighted by Crippen LogP contribution is 2.35. The number of anilines is 1. The molecular weight excluding hydrogens is 253 g/mol. The molecule has 1 aromatic carbocycles. The summed E-state index contributed by atoms with van der Waals surface area (Å²) in [6, 6.07) is 3.40. The zero-order valence-electron chi connectivity index (χ0n) is 10.8. The molecule has 19 heavy (non-hydrogen) atoms. The van der Waals surface area contributed by atoms with Crippen LogP contribution in [0.15, 0.2) is 12.1 Å². The van der Waals surface area contributed by atoms with Crippen LogP contribution in [0.2, 0.25) is 0 Å². The number of halogens is 3. The Hall–Kier alpha value is -1.23. The summed E-state index contributed by atoms with van der Waals surface area (Å²) >= 11 is 0. The Kier molecular flexibility index (Phi) is 3.17. The molecule has 3 rings (SSSR count). The highest BCUT2D eigenvalue weighted by molar-refractivity contribution is 5.46. The van der Waals surface area contributed by atoms with Gasteiger partial charge < -0.3 is 10.2 Å². The Bertz CT molecular complexity index is 478. The first kappa shape index (κ1) is 12.8. The summed E-state index contributed by atoms with van der Waals surface area (Å²) in [5.74, 6) is -3.67. The van der Waals surface area contributed by atoms with E-state index in [0.717, 1.165) is 18.9 Å². The summed E-state index contributed by atoms with van der Waals surface area (Å²) in [5, 5.41) is 3.03. The summed E-state index contributed by atoms with van der Waals surface area (Å²) in [6.07, 6.45) is 4.18. The summed E-state index contributed by atoms with van der Waals surface area (Å²) in [5.41, 5.74) is 0.0628. The zero-order chi connectivity index (χ0) is 13.6. The molecule has 1 aromatic rings. The SMILES string of the molecule is CN1C2CCC1CC(Nc1ccc(F)c(F)c1F)C2. The second kappa shape index (κ2) is 4.71. The lowest BCUT2D eigenvalue weighted by molar-refractivity contribution is 0.168. The molecule has 5 heteroatoms. The van der Waals surface area contributed by atoms with Gasteiger partial charge in [-0.25, -0.2) is 13.2 Å². The smallest absolute Gasteiger partial charge is 0.196 e. The lowest BCUT2D eigenvalue weighted by Gasteiger charge is -2.37. The number of nitrogens with zero attached hydrogens (tertiary/aromatic N) is 1. The fraction of sp³-hybridized carbons (Fsp3) is 0.571. The third-order valence-electron chi connectivity index (χ3n) is 4.49. The van der Waals surface area contributed by atoms with Gasteiger partial charge in [-0.05, 0) is 44.9 Å². The first-order valence-electron chi connectivity index (χ1n) is 6.68. The van der Waals surface area contributed by atoms with Crippen molar-refractivity contribution in [1.82, 2.24) is 4.90 Å². The maximum absolute atomic E-state index is 13.6. The zero-order valence-corrected chi connectivity index (χ0v) is 10.8. The minimum absolute atomic E-state index is 0.0628. The van der Waals surface area contributed by atoms with Crippen molar-refractivity contribution in [2.45, 2.75) is 43.8 Å². The van der Waals surface area contributed by atoms with Crippen molar-refractivity contribution in [2.75, 3.05) is 12.4 Å². The van der Waals surface area contributed by atoms with Crippen molar-refractivity contribution in [2.24, 2.45) is 0 Å². The Balaban J connectivity index is 1.75. The number of rotatable bonds is 2. The fourth-order valence-electron chi connectivity index (χ4n) is 3.39. The van der Waals surface area contributed by atoms with E-state index in [0.29, 0.717) is 12.1 Å².